The van der Waals surface area contributed by atoms with Gasteiger partial charge in [-0.1, -0.05) is 0 Å². The fourth-order valence-corrected chi connectivity index (χ4v) is 1.67. The van der Waals surface area contributed by atoms with Crippen LogP contribution in [0.4, 0.5) is 22.0 Å². The third-order valence-corrected chi connectivity index (χ3v) is 2.75. The summed E-state index contributed by atoms with van der Waals surface area (Å²) in [4.78, 5) is 12.9. The lowest BCUT2D eigenvalue weighted by Gasteiger charge is -2.30. The van der Waals surface area contributed by atoms with Crippen LogP contribution in [0.5, 0.6) is 0 Å². The number of Topliss-reactive ketones (excluding diaryl/α,β-unsaturated/α-hetero) is 1. The fraction of sp³-hybridized carbons (Fsp3) is 0.889. The molecule has 2 nitrogen and oxygen atoms in total. The molecule has 1 fully saturated rings. The molecule has 94 valence electrons. The third kappa shape index (κ3) is 2.50. The standard InChI is InChI=1S/C9H12F5NO/c1-15-4-2-6(3-5-15)7(16)8(10,11)9(12,13)14/h6H,2-5H2,1H3. The largest absolute Gasteiger partial charge is 0.461 e. The molecule has 0 aliphatic carbocycles. The van der Waals surface area contributed by atoms with E-state index in [2.05, 4.69) is 0 Å². The number of rotatable bonds is 2. The number of nitrogens with zero attached hydrogens (tertiary/aromatic N) is 1. The number of halogens is 5. The Hall–Kier alpha value is -0.720. The van der Waals surface area contributed by atoms with Crippen molar-refractivity contribution in [3.8, 4) is 0 Å². The highest BCUT2D eigenvalue weighted by molar-refractivity contribution is 5.88. The molecule has 7 heteroatoms. The van der Waals surface area contributed by atoms with Gasteiger partial charge in [0, 0.05) is 5.92 Å². The minimum Gasteiger partial charge on any atom is -0.306 e. The predicted octanol–water partition coefficient (Wildman–Crippen LogP) is 2.09. The molecule has 0 N–H and O–H groups in total. The summed E-state index contributed by atoms with van der Waals surface area (Å²) in [5.74, 6) is -8.39. The van der Waals surface area contributed by atoms with E-state index in [1.807, 2.05) is 0 Å². The van der Waals surface area contributed by atoms with Crippen LogP contribution >= 0.6 is 0 Å². The summed E-state index contributed by atoms with van der Waals surface area (Å²) in [7, 11) is 1.72. The second kappa shape index (κ2) is 4.27. The van der Waals surface area contributed by atoms with Crippen LogP contribution in [-0.4, -0.2) is 42.9 Å². The van der Waals surface area contributed by atoms with E-state index in [0.717, 1.165) is 0 Å². The summed E-state index contributed by atoms with van der Waals surface area (Å²) in [6.45, 7) is 0.731. The van der Waals surface area contributed by atoms with E-state index in [4.69, 9.17) is 0 Å². The van der Waals surface area contributed by atoms with Gasteiger partial charge in [0.15, 0.2) is 0 Å². The highest BCUT2D eigenvalue weighted by Crippen LogP contribution is 2.39. The number of carbonyl (C=O) groups excluding carboxylic acids is 1. The van der Waals surface area contributed by atoms with Crippen LogP contribution in [0.3, 0.4) is 0 Å². The van der Waals surface area contributed by atoms with Crippen molar-refractivity contribution in [2.24, 2.45) is 5.92 Å². The van der Waals surface area contributed by atoms with E-state index in [1.54, 1.807) is 11.9 Å². The van der Waals surface area contributed by atoms with E-state index in [-0.39, 0.29) is 12.8 Å². The Morgan fingerprint density at radius 3 is 1.94 bits per heavy atom. The Kier molecular flexibility index (Phi) is 3.56. The van der Waals surface area contributed by atoms with Gasteiger partial charge in [-0.3, -0.25) is 4.79 Å². The molecule has 1 rings (SSSR count). The van der Waals surface area contributed by atoms with Crippen molar-refractivity contribution < 1.29 is 26.7 Å². The monoisotopic (exact) mass is 245 g/mol. The maximum Gasteiger partial charge on any atom is 0.461 e. The summed E-state index contributed by atoms with van der Waals surface area (Å²) >= 11 is 0. The molecule has 0 atom stereocenters. The molecular formula is C9H12F5NO. The zero-order valence-electron chi connectivity index (χ0n) is 8.65. The summed E-state index contributed by atoms with van der Waals surface area (Å²) in [6.07, 6.45) is -5.67. The lowest BCUT2D eigenvalue weighted by molar-refractivity contribution is -0.270. The summed E-state index contributed by atoms with van der Waals surface area (Å²) in [5, 5.41) is 0. The van der Waals surface area contributed by atoms with Crippen LogP contribution in [0, 0.1) is 5.92 Å². The topological polar surface area (TPSA) is 20.3 Å². The Labute approximate surface area is 89.4 Å². The quantitative estimate of drug-likeness (QED) is 0.694. The van der Waals surface area contributed by atoms with Gasteiger partial charge in [-0.05, 0) is 33.0 Å². The predicted molar refractivity (Wildman–Crippen MR) is 46.2 cm³/mol. The Morgan fingerprint density at radius 2 is 1.56 bits per heavy atom. The van der Waals surface area contributed by atoms with E-state index < -0.39 is 23.8 Å². The minimum atomic E-state index is -5.78. The zero-order valence-corrected chi connectivity index (χ0v) is 8.65. The molecule has 16 heavy (non-hydrogen) atoms. The second-order valence-electron chi connectivity index (χ2n) is 4.01. The molecule has 0 saturated carbocycles. The van der Waals surface area contributed by atoms with Crippen LogP contribution in [0.15, 0.2) is 0 Å². The Balaban J connectivity index is 2.71. The molecule has 0 radical (unpaired) electrons. The van der Waals surface area contributed by atoms with Crippen molar-refractivity contribution >= 4 is 5.78 Å². The van der Waals surface area contributed by atoms with Crippen molar-refractivity contribution in [1.29, 1.82) is 0 Å². The third-order valence-electron chi connectivity index (χ3n) is 2.75. The average molecular weight is 245 g/mol. The summed E-state index contributed by atoms with van der Waals surface area (Å²) in [5.41, 5.74) is 0. The van der Waals surface area contributed by atoms with Gasteiger partial charge in [0.05, 0.1) is 0 Å². The molecule has 0 aromatic carbocycles. The lowest BCUT2D eigenvalue weighted by Crippen LogP contribution is -2.49. The van der Waals surface area contributed by atoms with E-state index in [1.165, 1.54) is 0 Å². The number of ketones is 1. The molecule has 0 aromatic heterocycles. The maximum absolute atomic E-state index is 12.7. The first-order chi connectivity index (χ1) is 7.16. The lowest BCUT2D eigenvalue weighted by atomic mass is 9.89. The number of carbonyl (C=O) groups is 1. The van der Waals surface area contributed by atoms with Gasteiger partial charge in [-0.25, -0.2) is 0 Å². The van der Waals surface area contributed by atoms with Gasteiger partial charge in [0.1, 0.15) is 0 Å². The fourth-order valence-electron chi connectivity index (χ4n) is 1.67. The van der Waals surface area contributed by atoms with Crippen molar-refractivity contribution in [3.05, 3.63) is 0 Å². The van der Waals surface area contributed by atoms with Crippen LogP contribution in [0.1, 0.15) is 12.8 Å². The summed E-state index contributed by atoms with van der Waals surface area (Å²) < 4.78 is 61.2. The average Bonchev–Trinajstić information content (AvgIpc) is 2.16. The molecular weight excluding hydrogens is 233 g/mol. The first-order valence-corrected chi connectivity index (χ1v) is 4.83. The number of piperidine rings is 1. The number of hydrogen-bond donors (Lipinski definition) is 0. The van der Waals surface area contributed by atoms with Gasteiger partial charge in [0.2, 0.25) is 5.78 Å². The van der Waals surface area contributed by atoms with Crippen molar-refractivity contribution in [3.63, 3.8) is 0 Å². The molecule has 0 amide bonds. The number of hydrogen-bond acceptors (Lipinski definition) is 2. The zero-order chi connectivity index (χ0) is 12.6. The van der Waals surface area contributed by atoms with Crippen LogP contribution < -0.4 is 0 Å². The first kappa shape index (κ1) is 13.3. The van der Waals surface area contributed by atoms with Crippen LogP contribution in [0.2, 0.25) is 0 Å². The van der Waals surface area contributed by atoms with Crippen molar-refractivity contribution in [1.82, 2.24) is 4.90 Å². The molecule has 1 aliphatic rings. The van der Waals surface area contributed by atoms with E-state index >= 15 is 0 Å². The van der Waals surface area contributed by atoms with Crippen LogP contribution in [0.25, 0.3) is 0 Å². The van der Waals surface area contributed by atoms with E-state index in [0.29, 0.717) is 13.1 Å². The van der Waals surface area contributed by atoms with Gasteiger partial charge >= 0.3 is 12.1 Å². The van der Waals surface area contributed by atoms with Gasteiger partial charge in [0.25, 0.3) is 0 Å². The van der Waals surface area contributed by atoms with Gasteiger partial charge in [-0.15, -0.1) is 0 Å². The molecule has 0 spiro atoms. The highest BCUT2D eigenvalue weighted by atomic mass is 19.4. The van der Waals surface area contributed by atoms with Gasteiger partial charge < -0.3 is 4.90 Å². The normalized spacial score (nSPS) is 21.1. The smallest absolute Gasteiger partial charge is 0.306 e. The number of alkyl halides is 5. The van der Waals surface area contributed by atoms with Crippen molar-refractivity contribution in [2.45, 2.75) is 24.9 Å². The van der Waals surface area contributed by atoms with Crippen LogP contribution in [-0.2, 0) is 4.79 Å². The molecule has 0 unspecified atom stereocenters. The SMILES string of the molecule is CN1CCC(C(=O)C(F)(F)C(F)(F)F)CC1. The molecule has 0 aromatic rings. The Morgan fingerprint density at radius 1 is 1.12 bits per heavy atom. The van der Waals surface area contributed by atoms with Gasteiger partial charge in [-0.2, -0.15) is 22.0 Å². The first-order valence-electron chi connectivity index (χ1n) is 4.83. The molecule has 1 saturated heterocycles. The molecule has 1 aliphatic heterocycles. The minimum absolute atomic E-state index is 0.0566. The maximum atomic E-state index is 12.7. The highest BCUT2D eigenvalue weighted by Gasteiger charge is 2.64. The van der Waals surface area contributed by atoms with Crippen molar-refractivity contribution in [2.75, 3.05) is 20.1 Å². The second-order valence-corrected chi connectivity index (χ2v) is 4.01. The molecule has 1 heterocycles. The molecule has 0 bridgehead atoms. The summed E-state index contributed by atoms with van der Waals surface area (Å²) in [6, 6.07) is 0. The Bertz CT molecular complexity index is 268. The number of likely N-dealkylation sites (tertiary alicyclic amines) is 1. The van der Waals surface area contributed by atoms with E-state index in [9.17, 15) is 26.7 Å².